The molecule has 0 aliphatic carbocycles. The number of rotatable bonds is 1. The van der Waals surface area contributed by atoms with Crippen molar-refractivity contribution in [1.29, 1.82) is 0 Å². The summed E-state index contributed by atoms with van der Waals surface area (Å²) in [6, 6.07) is 6.82. The Hall–Kier alpha value is -1.40. The summed E-state index contributed by atoms with van der Waals surface area (Å²) in [6.07, 6.45) is 0. The van der Waals surface area contributed by atoms with Crippen LogP contribution in [-0.4, -0.2) is 44.0 Å². The number of piperazine rings is 1. The van der Waals surface area contributed by atoms with E-state index < -0.39 is 9.84 Å². The number of carbonyl (C=O) groups is 1. The lowest BCUT2D eigenvalue weighted by Gasteiger charge is -2.40. The maximum absolute atomic E-state index is 12.5. The first-order valence-electron chi connectivity index (χ1n) is 6.73. The molecule has 0 unspecified atom stereocenters. The van der Waals surface area contributed by atoms with Crippen LogP contribution in [0.4, 0.5) is 5.69 Å². The summed E-state index contributed by atoms with van der Waals surface area (Å²) in [5, 5.41) is 3.13. The monoisotopic (exact) mass is 294 g/mol. The van der Waals surface area contributed by atoms with Crippen LogP contribution in [0.1, 0.15) is 12.5 Å². The number of amides is 1. The molecule has 1 N–H and O–H groups in total. The fraction of sp³-hybridized carbons (Fsp3) is 0.500. The number of benzene rings is 1. The van der Waals surface area contributed by atoms with Crippen molar-refractivity contribution in [3.8, 4) is 0 Å². The minimum absolute atomic E-state index is 0.0388. The lowest BCUT2D eigenvalue weighted by Crippen LogP contribution is -2.64. The maximum atomic E-state index is 12.5. The smallest absolute Gasteiger partial charge is 0.244 e. The van der Waals surface area contributed by atoms with Crippen LogP contribution in [0, 0.1) is 6.92 Å². The summed E-state index contributed by atoms with van der Waals surface area (Å²) in [6.45, 7) is 3.74. The quantitative estimate of drug-likeness (QED) is 0.818. The molecule has 6 heteroatoms. The number of carbonyl (C=O) groups excluding carboxylic acids is 1. The topological polar surface area (TPSA) is 66.5 Å². The van der Waals surface area contributed by atoms with Crippen molar-refractivity contribution in [2.45, 2.75) is 32.0 Å². The van der Waals surface area contributed by atoms with E-state index in [1.165, 1.54) is 0 Å². The normalized spacial score (nSPS) is 32.2. The molecule has 1 aromatic rings. The number of nitrogens with zero attached hydrogens (tertiary/aromatic N) is 1. The third kappa shape index (κ3) is 2.23. The minimum atomic E-state index is -3.08. The van der Waals surface area contributed by atoms with Gasteiger partial charge in [0.25, 0.3) is 0 Å². The summed E-state index contributed by atoms with van der Waals surface area (Å²) < 4.78 is 23.8. The average Bonchev–Trinajstić information content (AvgIpc) is 2.64. The zero-order chi connectivity index (χ0) is 14.5. The zero-order valence-corrected chi connectivity index (χ0v) is 12.4. The van der Waals surface area contributed by atoms with Crippen LogP contribution < -0.4 is 10.2 Å². The molecular formula is C14H18N2O3S. The molecule has 3 rings (SSSR count). The van der Waals surface area contributed by atoms with Crippen molar-refractivity contribution in [1.82, 2.24) is 5.32 Å². The van der Waals surface area contributed by atoms with Crippen molar-refractivity contribution >= 4 is 21.4 Å². The van der Waals surface area contributed by atoms with E-state index in [1.807, 2.05) is 31.2 Å². The molecule has 0 saturated carbocycles. The molecule has 3 atom stereocenters. The second-order valence-corrected chi connectivity index (χ2v) is 7.84. The lowest BCUT2D eigenvalue weighted by atomic mass is 10.0. The third-order valence-corrected chi connectivity index (χ3v) is 5.72. The van der Waals surface area contributed by atoms with E-state index in [0.29, 0.717) is 0 Å². The van der Waals surface area contributed by atoms with E-state index in [4.69, 9.17) is 0 Å². The van der Waals surface area contributed by atoms with Crippen LogP contribution in [0.2, 0.25) is 0 Å². The van der Waals surface area contributed by atoms with Crippen LogP contribution in [-0.2, 0) is 14.6 Å². The predicted octanol–water partition coefficient (Wildman–Crippen LogP) is 0.485. The molecule has 1 aromatic carbocycles. The van der Waals surface area contributed by atoms with Crippen LogP contribution in [0.15, 0.2) is 24.3 Å². The number of hydrogen-bond donors (Lipinski definition) is 1. The SMILES string of the molecule is Cc1cccc(N2C(=O)[C@H](C)N[C@@H]3CS(=O)(=O)C[C@@H]32)c1. The Morgan fingerprint density at radius 1 is 1.30 bits per heavy atom. The molecule has 0 spiro atoms. The van der Waals surface area contributed by atoms with E-state index in [0.717, 1.165) is 11.3 Å². The molecule has 1 amide bonds. The van der Waals surface area contributed by atoms with Crippen molar-refractivity contribution in [2.24, 2.45) is 0 Å². The summed E-state index contributed by atoms with van der Waals surface area (Å²) in [7, 11) is -3.08. The van der Waals surface area contributed by atoms with Gasteiger partial charge >= 0.3 is 0 Å². The van der Waals surface area contributed by atoms with Crippen LogP contribution >= 0.6 is 0 Å². The molecule has 108 valence electrons. The Bertz CT molecular complexity index is 656. The van der Waals surface area contributed by atoms with Gasteiger partial charge in [-0.3, -0.25) is 4.79 Å². The van der Waals surface area contributed by atoms with Crippen LogP contribution in [0.5, 0.6) is 0 Å². The van der Waals surface area contributed by atoms with Gasteiger partial charge < -0.3 is 10.2 Å². The Morgan fingerprint density at radius 3 is 2.75 bits per heavy atom. The first kappa shape index (κ1) is 13.6. The molecule has 2 aliphatic heterocycles. The van der Waals surface area contributed by atoms with Gasteiger partial charge in [0.15, 0.2) is 9.84 Å². The van der Waals surface area contributed by atoms with Gasteiger partial charge in [-0.05, 0) is 31.5 Å². The molecule has 0 bridgehead atoms. The van der Waals surface area contributed by atoms with Gasteiger partial charge in [0.1, 0.15) is 0 Å². The molecule has 5 nitrogen and oxygen atoms in total. The van der Waals surface area contributed by atoms with Gasteiger partial charge in [0.05, 0.1) is 23.6 Å². The second kappa shape index (κ2) is 4.56. The molecule has 20 heavy (non-hydrogen) atoms. The van der Waals surface area contributed by atoms with Gasteiger partial charge in [-0.25, -0.2) is 8.42 Å². The number of nitrogens with one attached hydrogen (secondary N) is 1. The zero-order valence-electron chi connectivity index (χ0n) is 11.5. The van der Waals surface area contributed by atoms with Gasteiger partial charge in [0, 0.05) is 11.7 Å². The van der Waals surface area contributed by atoms with Crippen LogP contribution in [0.25, 0.3) is 0 Å². The largest absolute Gasteiger partial charge is 0.305 e. The van der Waals surface area contributed by atoms with E-state index in [1.54, 1.807) is 11.8 Å². The average molecular weight is 294 g/mol. The van der Waals surface area contributed by atoms with E-state index >= 15 is 0 Å². The van der Waals surface area contributed by atoms with Crippen molar-refractivity contribution in [3.63, 3.8) is 0 Å². The highest BCUT2D eigenvalue weighted by Gasteiger charge is 2.48. The third-order valence-electron chi connectivity index (χ3n) is 4.01. The van der Waals surface area contributed by atoms with E-state index in [-0.39, 0.29) is 35.5 Å². The Labute approximate surface area is 118 Å². The van der Waals surface area contributed by atoms with Crippen molar-refractivity contribution in [2.75, 3.05) is 16.4 Å². The highest BCUT2D eigenvalue weighted by Crippen LogP contribution is 2.29. The Kier molecular flexibility index (Phi) is 3.10. The molecular weight excluding hydrogens is 276 g/mol. The van der Waals surface area contributed by atoms with E-state index in [2.05, 4.69) is 5.32 Å². The lowest BCUT2D eigenvalue weighted by molar-refractivity contribution is -0.122. The fourth-order valence-electron chi connectivity index (χ4n) is 3.10. The Balaban J connectivity index is 2.04. The standard InChI is InChI=1S/C14H18N2O3S/c1-9-4-3-5-11(6-9)16-13-8-20(18,19)7-12(13)15-10(2)14(16)17/h3-6,10,12-13,15H,7-8H2,1-2H3/t10-,12+,13-/m0/s1. The summed E-state index contributed by atoms with van der Waals surface area (Å²) in [4.78, 5) is 14.1. The van der Waals surface area contributed by atoms with Gasteiger partial charge in [0.2, 0.25) is 5.91 Å². The summed E-state index contributed by atoms with van der Waals surface area (Å²) in [5.74, 6) is 0.0863. The Morgan fingerprint density at radius 2 is 2.05 bits per heavy atom. The second-order valence-electron chi connectivity index (χ2n) is 5.69. The van der Waals surface area contributed by atoms with Crippen molar-refractivity contribution in [3.05, 3.63) is 29.8 Å². The van der Waals surface area contributed by atoms with Gasteiger partial charge in [-0.2, -0.15) is 0 Å². The van der Waals surface area contributed by atoms with Crippen LogP contribution in [0.3, 0.4) is 0 Å². The number of aryl methyl sites for hydroxylation is 1. The number of hydrogen-bond acceptors (Lipinski definition) is 4. The van der Waals surface area contributed by atoms with Gasteiger partial charge in [-0.15, -0.1) is 0 Å². The molecule has 2 heterocycles. The first-order valence-corrected chi connectivity index (χ1v) is 8.56. The highest BCUT2D eigenvalue weighted by atomic mass is 32.2. The predicted molar refractivity (Wildman–Crippen MR) is 77.5 cm³/mol. The number of anilines is 1. The van der Waals surface area contributed by atoms with E-state index in [9.17, 15) is 13.2 Å². The van der Waals surface area contributed by atoms with Gasteiger partial charge in [-0.1, -0.05) is 12.1 Å². The van der Waals surface area contributed by atoms with Crippen molar-refractivity contribution < 1.29 is 13.2 Å². The molecule has 0 radical (unpaired) electrons. The highest BCUT2D eigenvalue weighted by molar-refractivity contribution is 7.91. The number of sulfone groups is 1. The molecule has 0 aromatic heterocycles. The maximum Gasteiger partial charge on any atom is 0.244 e. The first-order chi connectivity index (χ1) is 9.37. The molecule has 2 saturated heterocycles. The fourth-order valence-corrected chi connectivity index (χ4v) is 5.01. The summed E-state index contributed by atoms with van der Waals surface area (Å²) >= 11 is 0. The molecule has 2 aliphatic rings. The molecule has 2 fully saturated rings. The number of fused-ring (bicyclic) bond motifs is 1. The minimum Gasteiger partial charge on any atom is -0.305 e. The summed E-state index contributed by atoms with van der Waals surface area (Å²) in [5.41, 5.74) is 1.84.